The van der Waals surface area contributed by atoms with E-state index in [9.17, 15) is 0 Å². The highest BCUT2D eigenvalue weighted by atomic mass is 127. The van der Waals surface area contributed by atoms with Crippen molar-refractivity contribution in [2.24, 2.45) is 5.92 Å². The van der Waals surface area contributed by atoms with Crippen LogP contribution in [-0.2, 0) is 6.54 Å². The highest BCUT2D eigenvalue weighted by Crippen LogP contribution is 2.38. The molecule has 1 aromatic heterocycles. The smallest absolute Gasteiger partial charge is 0.136 e. The second-order valence-electron chi connectivity index (χ2n) is 4.20. The topological polar surface area (TPSA) is 34.0 Å². The molecule has 0 amide bonds. The fourth-order valence-electron chi connectivity index (χ4n) is 2.65. The van der Waals surface area contributed by atoms with Gasteiger partial charge in [0, 0.05) is 48.4 Å². The zero-order chi connectivity index (χ0) is 9.54. The predicted octanol–water partition coefficient (Wildman–Crippen LogP) is 1.44. The highest BCUT2D eigenvalue weighted by molar-refractivity contribution is 14.1. The maximum atomic E-state index is 4.26. The molecule has 0 saturated carbocycles. The van der Waals surface area contributed by atoms with Crippen molar-refractivity contribution in [2.75, 3.05) is 13.1 Å². The van der Waals surface area contributed by atoms with E-state index in [-0.39, 0.29) is 0 Å². The molecule has 2 aliphatic heterocycles. The summed E-state index contributed by atoms with van der Waals surface area (Å²) < 4.78 is 4.63. The molecule has 1 fully saturated rings. The van der Waals surface area contributed by atoms with Gasteiger partial charge in [-0.25, -0.2) is 3.11 Å². The molecule has 1 saturated heterocycles. The van der Waals surface area contributed by atoms with Gasteiger partial charge in [0.25, 0.3) is 0 Å². The average Bonchev–Trinajstić information content (AvgIpc) is 2.65. The molecule has 76 valence electrons. The Balaban J connectivity index is 1.91. The number of hydrogen-bond donors (Lipinski definition) is 0. The van der Waals surface area contributed by atoms with Gasteiger partial charge in [-0.2, -0.15) is 0 Å². The van der Waals surface area contributed by atoms with E-state index < -0.39 is 0 Å². The Kier molecular flexibility index (Phi) is 2.24. The Morgan fingerprint density at radius 2 is 2.29 bits per heavy atom. The number of halogens is 1. The Hall–Kier alpha value is -0.170. The van der Waals surface area contributed by atoms with Crippen molar-refractivity contribution < 1.29 is 0 Å². The van der Waals surface area contributed by atoms with Gasteiger partial charge < -0.3 is 4.57 Å². The summed E-state index contributed by atoms with van der Waals surface area (Å²) in [5.74, 6) is 2.69. The molecule has 0 spiro atoms. The van der Waals surface area contributed by atoms with Crippen LogP contribution in [0.1, 0.15) is 24.6 Å². The highest BCUT2D eigenvalue weighted by Gasteiger charge is 2.35. The van der Waals surface area contributed by atoms with Gasteiger partial charge in [-0.3, -0.25) is 0 Å². The third-order valence-corrected chi connectivity index (χ3v) is 4.28. The third kappa shape index (κ3) is 1.37. The summed E-state index contributed by atoms with van der Waals surface area (Å²) in [6.07, 6.45) is 4.41. The van der Waals surface area contributed by atoms with Gasteiger partial charge in [0.15, 0.2) is 0 Å². The largest absolute Gasteiger partial charge is 0.317 e. The first kappa shape index (κ1) is 9.08. The quantitative estimate of drug-likeness (QED) is 0.537. The molecular weight excluding hydrogens is 291 g/mol. The molecule has 1 aromatic rings. The van der Waals surface area contributed by atoms with E-state index in [2.05, 4.69) is 40.7 Å². The molecule has 0 bridgehead atoms. The SMILES string of the molecule is IN1CCC2c3nncn3CCC2C1. The minimum absolute atomic E-state index is 0.664. The van der Waals surface area contributed by atoms with Crippen molar-refractivity contribution in [1.29, 1.82) is 0 Å². The maximum Gasteiger partial charge on any atom is 0.136 e. The lowest BCUT2D eigenvalue weighted by Crippen LogP contribution is -2.38. The summed E-state index contributed by atoms with van der Waals surface area (Å²) in [7, 11) is 0. The van der Waals surface area contributed by atoms with E-state index in [1.165, 1.54) is 31.8 Å². The second-order valence-corrected chi connectivity index (χ2v) is 5.56. The summed E-state index contributed by atoms with van der Waals surface area (Å²) in [4.78, 5) is 0. The monoisotopic (exact) mass is 304 g/mol. The van der Waals surface area contributed by atoms with E-state index in [0.717, 1.165) is 12.5 Å². The normalized spacial score (nSPS) is 32.4. The van der Waals surface area contributed by atoms with Crippen molar-refractivity contribution in [2.45, 2.75) is 25.3 Å². The van der Waals surface area contributed by atoms with Crippen molar-refractivity contribution in [1.82, 2.24) is 17.9 Å². The molecule has 2 aliphatic rings. The molecular formula is C9H13IN4. The number of hydrogen-bond acceptors (Lipinski definition) is 3. The standard InChI is InChI=1S/C9H13IN4/c10-14-4-2-8-7(5-14)1-3-13-6-11-12-9(8)13/h6-8H,1-5H2. The maximum absolute atomic E-state index is 4.26. The number of aryl methyl sites for hydroxylation is 1. The Morgan fingerprint density at radius 1 is 1.36 bits per heavy atom. The van der Waals surface area contributed by atoms with Gasteiger partial charge in [0.1, 0.15) is 12.2 Å². The van der Waals surface area contributed by atoms with Crippen LogP contribution in [0.15, 0.2) is 6.33 Å². The van der Waals surface area contributed by atoms with Crippen LogP contribution in [0, 0.1) is 5.92 Å². The first-order valence-corrected chi connectivity index (χ1v) is 6.09. The molecule has 0 N–H and O–H groups in total. The molecule has 0 aromatic carbocycles. The molecule has 0 aliphatic carbocycles. The van der Waals surface area contributed by atoms with Gasteiger partial charge >= 0.3 is 0 Å². The fraction of sp³-hybridized carbons (Fsp3) is 0.778. The predicted molar refractivity (Wildman–Crippen MR) is 61.1 cm³/mol. The van der Waals surface area contributed by atoms with Crippen LogP contribution in [0.2, 0.25) is 0 Å². The van der Waals surface area contributed by atoms with Crippen LogP contribution in [0.3, 0.4) is 0 Å². The Labute approximate surface area is 97.2 Å². The molecule has 4 nitrogen and oxygen atoms in total. The van der Waals surface area contributed by atoms with E-state index in [1.807, 2.05) is 6.33 Å². The third-order valence-electron chi connectivity index (χ3n) is 3.40. The molecule has 0 radical (unpaired) electrons. The Morgan fingerprint density at radius 3 is 3.21 bits per heavy atom. The van der Waals surface area contributed by atoms with Crippen LogP contribution in [0.4, 0.5) is 0 Å². The van der Waals surface area contributed by atoms with Crippen molar-refractivity contribution in [3.05, 3.63) is 12.2 Å². The Bertz CT molecular complexity index is 337. The fourth-order valence-corrected chi connectivity index (χ4v) is 3.43. The van der Waals surface area contributed by atoms with Gasteiger partial charge in [-0.1, -0.05) is 0 Å². The summed E-state index contributed by atoms with van der Waals surface area (Å²) in [6.45, 7) is 3.51. The number of nitrogens with zero attached hydrogens (tertiary/aromatic N) is 4. The van der Waals surface area contributed by atoms with E-state index >= 15 is 0 Å². The van der Waals surface area contributed by atoms with E-state index in [1.54, 1.807) is 0 Å². The molecule has 5 heteroatoms. The summed E-state index contributed by atoms with van der Waals surface area (Å²) in [5.41, 5.74) is 0. The number of aromatic nitrogens is 3. The van der Waals surface area contributed by atoms with E-state index in [0.29, 0.717) is 5.92 Å². The lowest BCUT2D eigenvalue weighted by Gasteiger charge is -2.38. The first-order valence-electron chi connectivity index (χ1n) is 5.13. The molecule has 2 atom stereocenters. The van der Waals surface area contributed by atoms with Crippen molar-refractivity contribution in [3.63, 3.8) is 0 Å². The number of piperidine rings is 1. The van der Waals surface area contributed by atoms with Crippen molar-refractivity contribution >= 4 is 22.9 Å². The zero-order valence-corrected chi connectivity index (χ0v) is 10.1. The van der Waals surface area contributed by atoms with Crippen molar-refractivity contribution in [3.8, 4) is 0 Å². The van der Waals surface area contributed by atoms with Crippen LogP contribution in [0.5, 0.6) is 0 Å². The number of fused-ring (bicyclic) bond motifs is 3. The first-order chi connectivity index (χ1) is 6.84. The molecule has 14 heavy (non-hydrogen) atoms. The van der Waals surface area contributed by atoms with Gasteiger partial charge in [-0.05, 0) is 18.8 Å². The number of rotatable bonds is 0. The van der Waals surface area contributed by atoms with Gasteiger partial charge in [0.2, 0.25) is 0 Å². The molecule has 3 heterocycles. The summed E-state index contributed by atoms with van der Waals surface area (Å²) in [5, 5.41) is 8.27. The zero-order valence-electron chi connectivity index (χ0n) is 7.93. The lowest BCUT2D eigenvalue weighted by molar-refractivity contribution is 0.209. The summed E-state index contributed by atoms with van der Waals surface area (Å²) >= 11 is 2.43. The van der Waals surface area contributed by atoms with Gasteiger partial charge in [-0.15, -0.1) is 10.2 Å². The van der Waals surface area contributed by atoms with E-state index in [4.69, 9.17) is 0 Å². The second kappa shape index (κ2) is 3.44. The van der Waals surface area contributed by atoms with Gasteiger partial charge in [0.05, 0.1) is 0 Å². The van der Waals surface area contributed by atoms with Crippen LogP contribution < -0.4 is 0 Å². The van der Waals surface area contributed by atoms with Crippen LogP contribution >= 0.6 is 22.9 Å². The molecule has 2 unspecified atom stereocenters. The lowest BCUT2D eigenvalue weighted by atomic mass is 9.81. The molecule has 3 rings (SSSR count). The minimum Gasteiger partial charge on any atom is -0.317 e. The van der Waals surface area contributed by atoms with Crippen LogP contribution in [0.25, 0.3) is 0 Å². The minimum atomic E-state index is 0.664. The van der Waals surface area contributed by atoms with Crippen LogP contribution in [-0.4, -0.2) is 31.0 Å². The average molecular weight is 304 g/mol. The summed E-state index contributed by atoms with van der Waals surface area (Å²) in [6, 6.07) is 0.